The molecule has 0 radical (unpaired) electrons. The summed E-state index contributed by atoms with van der Waals surface area (Å²) in [4.78, 5) is 17.8. The first kappa shape index (κ1) is 34.0. The fraction of sp³-hybridized carbons (Fsp3) is 0.448. The highest BCUT2D eigenvalue weighted by Gasteiger charge is 2.19. The number of pyridine rings is 1. The maximum absolute atomic E-state index is 13.3. The molecule has 0 fully saturated rings. The molecule has 0 unspecified atom stereocenters. The van der Waals surface area contributed by atoms with Gasteiger partial charge in [-0.3, -0.25) is 9.78 Å². The van der Waals surface area contributed by atoms with Crippen molar-refractivity contribution in [2.75, 3.05) is 21.3 Å². The van der Waals surface area contributed by atoms with Crippen LogP contribution in [0.1, 0.15) is 78.0 Å². The molecule has 6 heteroatoms. The second-order valence-electron chi connectivity index (χ2n) is 6.94. The maximum Gasteiger partial charge on any atom is 0.212 e. The Balaban J connectivity index is 0. The van der Waals surface area contributed by atoms with Gasteiger partial charge in [0.1, 0.15) is 11.4 Å². The number of hydrogen-bond acceptors (Lipinski definition) is 6. The third-order valence-electron chi connectivity index (χ3n) is 4.52. The molecule has 0 amide bonds. The number of hydrogen-bond donors (Lipinski definition) is 1. The molecule has 2 aromatic carbocycles. The number of ketones is 1. The molecule has 0 bridgehead atoms. The predicted molar refractivity (Wildman–Crippen MR) is 149 cm³/mol. The molecule has 3 aromatic rings. The summed E-state index contributed by atoms with van der Waals surface area (Å²) in [6.45, 7) is 12.5. The number of nitrogens with zero attached hydrogens (tertiary/aromatic N) is 1. The predicted octanol–water partition coefficient (Wildman–Crippen LogP) is 7.31. The number of nitrogens with one attached hydrogen (secondary N) is 1. The molecule has 0 atom stereocenters. The number of aromatic nitrogens is 1. The van der Waals surface area contributed by atoms with Crippen molar-refractivity contribution >= 4 is 16.6 Å². The minimum absolute atomic E-state index is 0. The van der Waals surface area contributed by atoms with Crippen molar-refractivity contribution < 1.29 is 19.0 Å². The Morgan fingerprint density at radius 2 is 1.51 bits per heavy atom. The average Bonchev–Trinajstić information content (AvgIpc) is 2.85. The second-order valence-corrected chi connectivity index (χ2v) is 6.94. The van der Waals surface area contributed by atoms with E-state index < -0.39 is 0 Å². The highest BCUT2D eigenvalue weighted by atomic mass is 16.5. The fourth-order valence-electron chi connectivity index (χ4n) is 3.25. The maximum atomic E-state index is 13.3. The molecular weight excluding hydrogens is 440 g/mol. The summed E-state index contributed by atoms with van der Waals surface area (Å²) in [6, 6.07) is 10.9. The SMILES string of the molecule is C.C.CC.CC.CNCc1cnc(C(=O)c2cccc(OC(C)C)c2)c2cc(OC)c(OC)cc12. The van der Waals surface area contributed by atoms with Crippen molar-refractivity contribution in [3.8, 4) is 17.2 Å². The van der Waals surface area contributed by atoms with Gasteiger partial charge in [-0.05, 0) is 56.1 Å². The smallest absolute Gasteiger partial charge is 0.212 e. The third-order valence-corrected chi connectivity index (χ3v) is 4.52. The van der Waals surface area contributed by atoms with E-state index in [4.69, 9.17) is 14.2 Å². The molecule has 1 heterocycles. The number of benzene rings is 2. The molecule has 196 valence electrons. The van der Waals surface area contributed by atoms with Gasteiger partial charge in [0.15, 0.2) is 11.5 Å². The Morgan fingerprint density at radius 1 is 0.943 bits per heavy atom. The minimum Gasteiger partial charge on any atom is -0.493 e. The molecule has 0 spiro atoms. The first-order chi connectivity index (χ1) is 16.0. The van der Waals surface area contributed by atoms with Crippen LogP contribution in [-0.4, -0.2) is 38.1 Å². The number of carbonyl (C=O) groups is 1. The lowest BCUT2D eigenvalue weighted by molar-refractivity contribution is 0.103. The molecule has 0 saturated carbocycles. The van der Waals surface area contributed by atoms with Gasteiger partial charge in [-0.25, -0.2) is 0 Å². The lowest BCUT2D eigenvalue weighted by atomic mass is 9.99. The van der Waals surface area contributed by atoms with Crippen LogP contribution in [0.3, 0.4) is 0 Å². The molecular formula is C29H46N2O4. The van der Waals surface area contributed by atoms with E-state index in [1.54, 1.807) is 32.5 Å². The van der Waals surface area contributed by atoms with Crippen LogP contribution in [0, 0.1) is 0 Å². The Hall–Kier alpha value is -3.12. The van der Waals surface area contributed by atoms with Crippen molar-refractivity contribution in [1.82, 2.24) is 10.3 Å². The second kappa shape index (κ2) is 17.3. The molecule has 0 aliphatic rings. The van der Waals surface area contributed by atoms with Crippen LogP contribution in [0.15, 0.2) is 42.6 Å². The summed E-state index contributed by atoms with van der Waals surface area (Å²) in [7, 11) is 5.03. The van der Waals surface area contributed by atoms with Gasteiger partial charge in [0.25, 0.3) is 0 Å². The van der Waals surface area contributed by atoms with E-state index in [9.17, 15) is 4.79 Å². The Kier molecular flexibility index (Phi) is 16.9. The van der Waals surface area contributed by atoms with Gasteiger partial charge in [-0.1, -0.05) is 54.7 Å². The van der Waals surface area contributed by atoms with Gasteiger partial charge in [-0.15, -0.1) is 0 Å². The quantitative estimate of drug-likeness (QED) is 0.337. The van der Waals surface area contributed by atoms with Gasteiger partial charge in [-0.2, -0.15) is 0 Å². The zero-order chi connectivity index (χ0) is 25.0. The zero-order valence-electron chi connectivity index (χ0n) is 21.4. The summed E-state index contributed by atoms with van der Waals surface area (Å²) in [5.41, 5.74) is 1.85. The number of carbonyl (C=O) groups excluding carboxylic acids is 1. The number of rotatable bonds is 8. The largest absolute Gasteiger partial charge is 0.493 e. The van der Waals surface area contributed by atoms with E-state index in [0.29, 0.717) is 35.1 Å². The van der Waals surface area contributed by atoms with Crippen molar-refractivity contribution in [2.24, 2.45) is 0 Å². The summed E-state index contributed by atoms with van der Waals surface area (Å²) < 4.78 is 16.6. The van der Waals surface area contributed by atoms with E-state index in [0.717, 1.165) is 16.3 Å². The van der Waals surface area contributed by atoms with Crippen LogP contribution in [0.25, 0.3) is 10.8 Å². The molecule has 35 heavy (non-hydrogen) atoms. The lowest BCUT2D eigenvalue weighted by Gasteiger charge is -2.15. The van der Waals surface area contributed by atoms with E-state index >= 15 is 0 Å². The van der Waals surface area contributed by atoms with Crippen LogP contribution in [0.4, 0.5) is 0 Å². The summed E-state index contributed by atoms with van der Waals surface area (Å²) in [6.07, 6.45) is 1.75. The molecule has 3 rings (SSSR count). The topological polar surface area (TPSA) is 69.7 Å². The van der Waals surface area contributed by atoms with Crippen molar-refractivity contribution in [3.05, 3.63) is 59.4 Å². The minimum atomic E-state index is -0.174. The molecule has 0 aliphatic heterocycles. The lowest BCUT2D eigenvalue weighted by Crippen LogP contribution is -2.11. The van der Waals surface area contributed by atoms with E-state index in [1.165, 1.54) is 0 Å². The third kappa shape index (κ3) is 8.55. The van der Waals surface area contributed by atoms with Crippen molar-refractivity contribution in [2.45, 2.75) is 69.0 Å². The van der Waals surface area contributed by atoms with E-state index in [1.807, 2.05) is 72.9 Å². The first-order valence-electron chi connectivity index (χ1n) is 11.5. The van der Waals surface area contributed by atoms with Gasteiger partial charge >= 0.3 is 0 Å². The van der Waals surface area contributed by atoms with Gasteiger partial charge in [0.2, 0.25) is 5.78 Å². The van der Waals surface area contributed by atoms with Crippen LogP contribution in [0.2, 0.25) is 0 Å². The Bertz CT molecular complexity index is 1030. The molecule has 0 saturated heterocycles. The van der Waals surface area contributed by atoms with Crippen LogP contribution >= 0.6 is 0 Å². The molecule has 1 aromatic heterocycles. The number of fused-ring (bicyclic) bond motifs is 1. The highest BCUT2D eigenvalue weighted by Crippen LogP contribution is 2.35. The monoisotopic (exact) mass is 486 g/mol. The van der Waals surface area contributed by atoms with Crippen LogP contribution in [0.5, 0.6) is 17.2 Å². The van der Waals surface area contributed by atoms with Gasteiger partial charge < -0.3 is 19.5 Å². The molecule has 6 nitrogen and oxygen atoms in total. The van der Waals surface area contributed by atoms with E-state index in [-0.39, 0.29) is 26.7 Å². The number of ether oxygens (including phenoxy) is 3. The normalized spacial score (nSPS) is 9.43. The summed E-state index contributed by atoms with van der Waals surface area (Å²) in [5, 5.41) is 4.75. The average molecular weight is 487 g/mol. The van der Waals surface area contributed by atoms with Crippen LogP contribution in [-0.2, 0) is 6.54 Å². The summed E-state index contributed by atoms with van der Waals surface area (Å²) >= 11 is 0. The standard InChI is InChI=1S/C23H26N2O4.2C2H6.2CH4/c1-14(2)29-17-8-6-7-15(9-17)23(26)22-19-11-21(28-5)20(27-4)10-18(19)16(12-24-3)13-25-22;2*1-2;;/h6-11,13-14,24H,12H2,1-5H3;2*1-2H3;2*1H4. The van der Waals surface area contributed by atoms with E-state index in [2.05, 4.69) is 10.3 Å². The van der Waals surface area contributed by atoms with Crippen molar-refractivity contribution in [1.29, 1.82) is 0 Å². The Labute approximate surface area is 213 Å². The summed E-state index contributed by atoms with van der Waals surface area (Å²) in [5.74, 6) is 1.64. The Morgan fingerprint density at radius 3 is 2.03 bits per heavy atom. The van der Waals surface area contributed by atoms with Gasteiger partial charge in [0, 0.05) is 23.7 Å². The van der Waals surface area contributed by atoms with Crippen LogP contribution < -0.4 is 19.5 Å². The first-order valence-corrected chi connectivity index (χ1v) is 11.5. The highest BCUT2D eigenvalue weighted by molar-refractivity contribution is 6.15. The number of methoxy groups -OCH3 is 2. The molecule has 1 N–H and O–H groups in total. The zero-order valence-corrected chi connectivity index (χ0v) is 21.4. The van der Waals surface area contributed by atoms with Gasteiger partial charge in [0.05, 0.1) is 20.3 Å². The fourth-order valence-corrected chi connectivity index (χ4v) is 3.25. The molecule has 0 aliphatic carbocycles. The van der Waals surface area contributed by atoms with Crippen molar-refractivity contribution in [3.63, 3.8) is 0 Å².